The maximum Gasteiger partial charge on any atom is 0.217 e. The van der Waals surface area contributed by atoms with Crippen molar-refractivity contribution < 1.29 is 26.4 Å². The fourth-order valence-electron chi connectivity index (χ4n) is 2.60. The molecule has 0 aromatic rings. The normalized spacial score (nSPS) is 13.0. The molecule has 0 saturated carbocycles. The van der Waals surface area contributed by atoms with Crippen LogP contribution in [0.25, 0.3) is 0 Å². The molecule has 0 heterocycles. The zero-order valence-electron chi connectivity index (χ0n) is 18.5. The number of hydrogen-bond donors (Lipinski definition) is 0. The zero-order valence-corrected chi connectivity index (χ0v) is 19.3. The third-order valence-corrected chi connectivity index (χ3v) is 5.27. The highest BCUT2D eigenvalue weighted by Gasteiger charge is 2.25. The topological polar surface area (TPSA) is 83.5 Å². The van der Waals surface area contributed by atoms with E-state index in [1.165, 1.54) is 64.2 Å². The van der Waals surface area contributed by atoms with Crippen molar-refractivity contribution >= 4 is 16.2 Å². The van der Waals surface area contributed by atoms with Crippen molar-refractivity contribution in [2.75, 3.05) is 28.3 Å². The van der Waals surface area contributed by atoms with Crippen LogP contribution in [0, 0.1) is 0 Å². The Hall–Kier alpha value is -0.500. The molecule has 0 bridgehead atoms. The van der Waals surface area contributed by atoms with E-state index in [9.17, 15) is 17.8 Å². The lowest BCUT2D eigenvalue weighted by atomic mass is 10.0. The summed E-state index contributed by atoms with van der Waals surface area (Å²) < 4.78 is 31.8. The standard InChI is InChI=1S/C19H40NO.CH4O4S/c1-6-7-8-9-10-11-12-13-14-15-16-17-19(21)18(2)20(3,4)5;1-5-6(2,3)4/h18H,6-17H2,1-5H3;1H3,(H,2,3,4)/q+1;/p-1. The summed E-state index contributed by atoms with van der Waals surface area (Å²) in [6.45, 7) is 4.33. The maximum atomic E-state index is 12.0. The fourth-order valence-corrected chi connectivity index (χ4v) is 2.60. The molecule has 0 amide bonds. The van der Waals surface area contributed by atoms with Crippen LogP contribution in [-0.4, -0.2) is 57.5 Å². The smallest absolute Gasteiger partial charge is 0.217 e. The van der Waals surface area contributed by atoms with Crippen LogP contribution in [-0.2, 0) is 19.4 Å². The highest BCUT2D eigenvalue weighted by Crippen LogP contribution is 2.13. The number of likely N-dealkylation sites (N-methyl/N-ethyl adjacent to an activating group) is 1. The highest BCUT2D eigenvalue weighted by atomic mass is 32.3. The van der Waals surface area contributed by atoms with Gasteiger partial charge in [0.2, 0.25) is 10.4 Å². The molecule has 6 nitrogen and oxygen atoms in total. The first kappa shape index (κ1) is 28.7. The molecule has 0 aliphatic rings. The van der Waals surface area contributed by atoms with E-state index in [4.69, 9.17) is 0 Å². The van der Waals surface area contributed by atoms with Crippen molar-refractivity contribution in [2.45, 2.75) is 96.9 Å². The van der Waals surface area contributed by atoms with Crippen LogP contribution < -0.4 is 0 Å². The van der Waals surface area contributed by atoms with Gasteiger partial charge in [-0.2, -0.15) is 0 Å². The summed E-state index contributed by atoms with van der Waals surface area (Å²) in [5.41, 5.74) is 0. The second-order valence-electron chi connectivity index (χ2n) is 8.12. The second kappa shape index (κ2) is 16.5. The van der Waals surface area contributed by atoms with Gasteiger partial charge in [0.25, 0.3) is 0 Å². The minimum atomic E-state index is -4.41. The molecule has 0 rings (SSSR count). The van der Waals surface area contributed by atoms with Crippen molar-refractivity contribution in [3.8, 4) is 0 Å². The summed E-state index contributed by atoms with van der Waals surface area (Å²) in [5.74, 6) is 0.429. The Morgan fingerprint density at radius 1 is 0.889 bits per heavy atom. The first-order chi connectivity index (χ1) is 12.5. The third-order valence-electron chi connectivity index (χ3n) is 4.86. The van der Waals surface area contributed by atoms with Crippen LogP contribution in [0.4, 0.5) is 0 Å². The monoisotopic (exact) mass is 409 g/mol. The fraction of sp³-hybridized carbons (Fsp3) is 0.950. The minimum Gasteiger partial charge on any atom is -0.726 e. The summed E-state index contributed by atoms with van der Waals surface area (Å²) in [6, 6.07) is 0.133. The molecule has 0 aliphatic carbocycles. The van der Waals surface area contributed by atoms with Crippen molar-refractivity contribution in [3.63, 3.8) is 0 Å². The number of Topliss-reactive ketones (excluding diaryl/α,β-unsaturated/α-hetero) is 1. The van der Waals surface area contributed by atoms with E-state index < -0.39 is 10.4 Å². The molecule has 7 heteroatoms. The van der Waals surface area contributed by atoms with Crippen LogP contribution >= 0.6 is 0 Å². The molecule has 0 aromatic carbocycles. The summed E-state index contributed by atoms with van der Waals surface area (Å²) in [7, 11) is 2.70. The van der Waals surface area contributed by atoms with Gasteiger partial charge in [-0.1, -0.05) is 71.1 Å². The van der Waals surface area contributed by atoms with Gasteiger partial charge in [-0.05, 0) is 13.3 Å². The van der Waals surface area contributed by atoms with E-state index in [1.54, 1.807) is 0 Å². The number of carbonyl (C=O) groups excluding carboxylic acids is 1. The van der Waals surface area contributed by atoms with Crippen molar-refractivity contribution in [3.05, 3.63) is 0 Å². The van der Waals surface area contributed by atoms with E-state index in [-0.39, 0.29) is 6.04 Å². The Kier molecular flexibility index (Phi) is 17.5. The van der Waals surface area contributed by atoms with Crippen LogP contribution in [0.3, 0.4) is 0 Å². The Bertz CT molecular complexity index is 457. The molecule has 164 valence electrons. The first-order valence-electron chi connectivity index (χ1n) is 10.3. The number of quaternary nitrogens is 1. The lowest BCUT2D eigenvalue weighted by Gasteiger charge is -2.30. The Balaban J connectivity index is 0. The number of rotatable bonds is 15. The molecule has 0 spiro atoms. The van der Waals surface area contributed by atoms with Crippen molar-refractivity contribution in [1.82, 2.24) is 0 Å². The molecular formula is C20H43NO5S. The van der Waals surface area contributed by atoms with E-state index >= 15 is 0 Å². The molecule has 0 radical (unpaired) electrons. The molecule has 0 saturated heterocycles. The van der Waals surface area contributed by atoms with Gasteiger partial charge in [0, 0.05) is 6.42 Å². The van der Waals surface area contributed by atoms with Gasteiger partial charge < -0.3 is 9.04 Å². The predicted molar refractivity (Wildman–Crippen MR) is 110 cm³/mol. The quantitative estimate of drug-likeness (QED) is 0.173. The largest absolute Gasteiger partial charge is 0.726 e. The van der Waals surface area contributed by atoms with Gasteiger partial charge in [-0.3, -0.25) is 8.98 Å². The van der Waals surface area contributed by atoms with Gasteiger partial charge in [-0.15, -0.1) is 0 Å². The molecule has 1 unspecified atom stereocenters. The van der Waals surface area contributed by atoms with Crippen LogP contribution in [0.15, 0.2) is 0 Å². The van der Waals surface area contributed by atoms with Gasteiger partial charge in [-0.25, -0.2) is 8.42 Å². The molecule has 0 aromatic heterocycles. The third kappa shape index (κ3) is 21.7. The second-order valence-corrected chi connectivity index (χ2v) is 9.27. The Morgan fingerprint density at radius 3 is 1.52 bits per heavy atom. The lowest BCUT2D eigenvalue weighted by molar-refractivity contribution is -0.884. The molecule has 1 atom stereocenters. The van der Waals surface area contributed by atoms with Crippen LogP contribution in [0.5, 0.6) is 0 Å². The Labute approximate surface area is 168 Å². The summed E-state index contributed by atoms with van der Waals surface area (Å²) in [4.78, 5) is 12.0. The minimum absolute atomic E-state index is 0.133. The average Bonchev–Trinajstić information content (AvgIpc) is 2.58. The molecule has 0 N–H and O–H groups in total. The predicted octanol–water partition coefficient (Wildman–Crippen LogP) is 4.44. The van der Waals surface area contributed by atoms with Gasteiger partial charge in [0.1, 0.15) is 6.04 Å². The van der Waals surface area contributed by atoms with Gasteiger partial charge in [0.15, 0.2) is 5.78 Å². The first-order valence-corrected chi connectivity index (χ1v) is 11.6. The van der Waals surface area contributed by atoms with E-state index in [0.717, 1.165) is 24.4 Å². The summed E-state index contributed by atoms with van der Waals surface area (Å²) >= 11 is 0. The molecule has 0 fully saturated rings. The van der Waals surface area contributed by atoms with Gasteiger partial charge >= 0.3 is 0 Å². The maximum absolute atomic E-state index is 12.0. The molecule has 0 aliphatic heterocycles. The van der Waals surface area contributed by atoms with Crippen LogP contribution in [0.1, 0.15) is 90.9 Å². The summed E-state index contributed by atoms with van der Waals surface area (Å²) in [6.07, 6.45) is 15.5. The number of carbonyl (C=O) groups is 1. The zero-order chi connectivity index (χ0) is 21.3. The number of ketones is 1. The summed E-state index contributed by atoms with van der Waals surface area (Å²) in [5, 5.41) is 0. The molecular weight excluding hydrogens is 366 g/mol. The number of unbranched alkanes of at least 4 members (excludes halogenated alkanes) is 10. The Morgan fingerprint density at radius 2 is 1.22 bits per heavy atom. The van der Waals surface area contributed by atoms with E-state index in [0.29, 0.717) is 5.78 Å². The number of hydrogen-bond acceptors (Lipinski definition) is 5. The van der Waals surface area contributed by atoms with Crippen molar-refractivity contribution in [2.24, 2.45) is 0 Å². The molecule has 27 heavy (non-hydrogen) atoms. The van der Waals surface area contributed by atoms with Crippen molar-refractivity contribution in [1.29, 1.82) is 0 Å². The van der Waals surface area contributed by atoms with Crippen LogP contribution in [0.2, 0.25) is 0 Å². The number of nitrogens with zero attached hydrogens (tertiary/aromatic N) is 1. The SMILES string of the molecule is CCCCCCCCCCCCCC(=O)C(C)[N+](C)(C)C.COS(=O)(=O)[O-]. The highest BCUT2D eigenvalue weighted by molar-refractivity contribution is 7.80. The van der Waals surface area contributed by atoms with E-state index in [2.05, 4.69) is 39.2 Å². The average molecular weight is 410 g/mol. The van der Waals surface area contributed by atoms with E-state index in [1.807, 2.05) is 0 Å². The lowest BCUT2D eigenvalue weighted by Crippen LogP contribution is -2.47. The van der Waals surface area contributed by atoms with Gasteiger partial charge in [0.05, 0.1) is 28.3 Å².